The van der Waals surface area contributed by atoms with E-state index in [2.05, 4.69) is 18.7 Å². The molecule has 0 saturated carbocycles. The van der Waals surface area contributed by atoms with Crippen molar-refractivity contribution >= 4 is 28.6 Å². The van der Waals surface area contributed by atoms with Crippen LogP contribution in [0.3, 0.4) is 0 Å². The van der Waals surface area contributed by atoms with Crippen LogP contribution in [-0.4, -0.2) is 69.3 Å². The number of carbonyl (C=O) groups is 1. The van der Waals surface area contributed by atoms with Crippen molar-refractivity contribution < 1.29 is 24.9 Å². The van der Waals surface area contributed by atoms with Gasteiger partial charge in [-0.05, 0) is 74.2 Å². The van der Waals surface area contributed by atoms with E-state index in [0.29, 0.717) is 19.3 Å². The number of rotatable bonds is 12. The van der Waals surface area contributed by atoms with Crippen LogP contribution in [-0.2, 0) is 9.53 Å². The number of hydrogen-bond donors (Lipinski definition) is 3. The summed E-state index contributed by atoms with van der Waals surface area (Å²) in [5, 5.41) is 29.2. The number of carbonyl (C=O) groups excluding carboxylic acids is 1. The van der Waals surface area contributed by atoms with Crippen LogP contribution in [0.15, 0.2) is 0 Å². The fourth-order valence-electron chi connectivity index (χ4n) is 3.94. The van der Waals surface area contributed by atoms with Crippen LogP contribution in [0.1, 0.15) is 53.9 Å². The maximum absolute atomic E-state index is 12.1. The third-order valence-corrected chi connectivity index (χ3v) is 5.35. The fraction of sp³-hybridized carbons (Fsp3) is 0.947. The Labute approximate surface area is 172 Å². The number of alkyl halides is 1. The maximum atomic E-state index is 12.1. The normalized spacial score (nSPS) is 19.5. The van der Waals surface area contributed by atoms with Crippen LogP contribution < -0.4 is 0 Å². The minimum Gasteiger partial charge on any atom is -0.449 e. The highest BCUT2D eigenvalue weighted by Crippen LogP contribution is 2.34. The van der Waals surface area contributed by atoms with Gasteiger partial charge in [0.15, 0.2) is 4.11 Å². The Balaban J connectivity index is 4.57. The number of aliphatic hydroxyl groups is 3. The molecule has 0 saturated heterocycles. The zero-order chi connectivity index (χ0) is 20.7. The van der Waals surface area contributed by atoms with Gasteiger partial charge in [-0.1, -0.05) is 27.7 Å². The minimum absolute atomic E-state index is 0.00781. The van der Waals surface area contributed by atoms with Crippen LogP contribution in [0.2, 0.25) is 0 Å². The predicted molar refractivity (Wildman–Crippen MR) is 112 cm³/mol. The van der Waals surface area contributed by atoms with Crippen molar-refractivity contribution in [3.8, 4) is 0 Å². The summed E-state index contributed by atoms with van der Waals surface area (Å²) in [5.41, 5.74) is -0.812. The van der Waals surface area contributed by atoms with Gasteiger partial charge in [-0.2, -0.15) is 0 Å². The van der Waals surface area contributed by atoms with E-state index in [-0.39, 0.29) is 17.3 Å². The quantitative estimate of drug-likeness (QED) is 0.223. The molecule has 0 radical (unpaired) electrons. The number of esters is 1. The molecule has 0 heterocycles. The summed E-state index contributed by atoms with van der Waals surface area (Å²) in [7, 11) is 4.06. The van der Waals surface area contributed by atoms with Crippen molar-refractivity contribution in [2.24, 2.45) is 17.3 Å². The molecular formula is C19H38INO5. The molecule has 26 heavy (non-hydrogen) atoms. The number of aliphatic hydroxyl groups excluding tert-OH is 2. The summed E-state index contributed by atoms with van der Waals surface area (Å²) in [4.78, 5) is 14.3. The minimum atomic E-state index is -1.08. The highest BCUT2D eigenvalue weighted by Gasteiger charge is 2.33. The lowest BCUT2D eigenvalue weighted by atomic mass is 9.76. The van der Waals surface area contributed by atoms with E-state index in [1.165, 1.54) is 0 Å². The van der Waals surface area contributed by atoms with Crippen LogP contribution in [0, 0.1) is 17.3 Å². The Morgan fingerprint density at radius 1 is 1.23 bits per heavy atom. The molecule has 0 aromatic heterocycles. The molecule has 0 amide bonds. The molecule has 5 atom stereocenters. The van der Waals surface area contributed by atoms with Crippen LogP contribution >= 0.6 is 22.6 Å². The van der Waals surface area contributed by atoms with Crippen molar-refractivity contribution in [2.45, 2.75) is 69.7 Å². The SMILES string of the molecule is C[C@@H](C[C@@H](C)C(=O)O[C@H](I)[C@@H](O)CO)C[C@](C)(O)CC(C)(C)CN(C)C. The number of ether oxygens (including phenoxy) is 1. The summed E-state index contributed by atoms with van der Waals surface area (Å²) in [6, 6.07) is 0. The summed E-state index contributed by atoms with van der Waals surface area (Å²) in [5.74, 6) is -0.576. The summed E-state index contributed by atoms with van der Waals surface area (Å²) < 4.78 is 4.42. The predicted octanol–water partition coefficient (Wildman–Crippen LogP) is 2.43. The topological polar surface area (TPSA) is 90.2 Å². The summed E-state index contributed by atoms with van der Waals surface area (Å²) in [6.07, 6.45) is 0.805. The molecule has 0 fully saturated rings. The zero-order valence-electron chi connectivity index (χ0n) is 17.3. The standard InChI is InChI=1S/C19H38INO5/c1-13(8-14(2)17(24)26-16(20)15(23)10-22)9-19(5,25)11-18(3,4)12-21(6)7/h13-16,22-23,25H,8-12H2,1-7H3/t13-,14+,15-,16-,19-/m0/s1. The highest BCUT2D eigenvalue weighted by molar-refractivity contribution is 14.1. The third-order valence-electron chi connectivity index (χ3n) is 4.27. The average Bonchev–Trinajstić information content (AvgIpc) is 2.42. The largest absolute Gasteiger partial charge is 0.449 e. The lowest BCUT2D eigenvalue weighted by Gasteiger charge is -2.37. The summed E-state index contributed by atoms with van der Waals surface area (Å²) in [6.45, 7) is 10.4. The van der Waals surface area contributed by atoms with Crippen molar-refractivity contribution in [2.75, 3.05) is 27.2 Å². The molecule has 0 aliphatic heterocycles. The average molecular weight is 487 g/mol. The van der Waals surface area contributed by atoms with E-state index in [0.717, 1.165) is 6.54 Å². The first-order valence-corrected chi connectivity index (χ1v) is 10.4. The molecule has 0 unspecified atom stereocenters. The Hall–Kier alpha value is 0.0400. The molecule has 156 valence electrons. The van der Waals surface area contributed by atoms with Crippen molar-refractivity contribution in [3.63, 3.8) is 0 Å². The summed E-state index contributed by atoms with van der Waals surface area (Å²) >= 11 is 1.80. The van der Waals surface area contributed by atoms with Crippen LogP contribution in [0.25, 0.3) is 0 Å². The van der Waals surface area contributed by atoms with E-state index in [1.807, 2.05) is 27.9 Å². The number of nitrogens with zero attached hydrogens (tertiary/aromatic N) is 1. The molecule has 0 aromatic rings. The third kappa shape index (κ3) is 11.0. The first-order chi connectivity index (χ1) is 11.7. The van der Waals surface area contributed by atoms with Crippen molar-refractivity contribution in [1.29, 1.82) is 0 Å². The second-order valence-electron chi connectivity index (χ2n) is 9.06. The van der Waals surface area contributed by atoms with Gasteiger partial charge < -0.3 is 25.0 Å². The van der Waals surface area contributed by atoms with E-state index in [9.17, 15) is 15.0 Å². The molecule has 3 N–H and O–H groups in total. The van der Waals surface area contributed by atoms with Crippen LogP contribution in [0.4, 0.5) is 0 Å². The smallest absolute Gasteiger partial charge is 0.309 e. The zero-order valence-corrected chi connectivity index (χ0v) is 19.5. The lowest BCUT2D eigenvalue weighted by molar-refractivity contribution is -0.153. The van der Waals surface area contributed by atoms with E-state index in [1.54, 1.807) is 29.5 Å². The molecule has 6 nitrogen and oxygen atoms in total. The monoisotopic (exact) mass is 487 g/mol. The van der Waals surface area contributed by atoms with E-state index >= 15 is 0 Å². The van der Waals surface area contributed by atoms with Crippen molar-refractivity contribution in [3.05, 3.63) is 0 Å². The maximum Gasteiger partial charge on any atom is 0.309 e. The molecular weight excluding hydrogens is 449 g/mol. The first kappa shape index (κ1) is 26.0. The highest BCUT2D eigenvalue weighted by atomic mass is 127. The molecule has 0 spiro atoms. The van der Waals surface area contributed by atoms with Gasteiger partial charge in [-0.25, -0.2) is 0 Å². The van der Waals surface area contributed by atoms with Gasteiger partial charge in [0.1, 0.15) is 6.10 Å². The first-order valence-electron chi connectivity index (χ1n) is 9.19. The lowest BCUT2D eigenvalue weighted by Crippen LogP contribution is -2.38. The molecule has 0 rings (SSSR count). The second-order valence-corrected chi connectivity index (χ2v) is 10.3. The number of hydrogen-bond acceptors (Lipinski definition) is 6. The van der Waals surface area contributed by atoms with E-state index in [4.69, 9.17) is 9.84 Å². The van der Waals surface area contributed by atoms with E-state index < -0.39 is 28.4 Å². The van der Waals surface area contributed by atoms with Gasteiger partial charge in [-0.3, -0.25) is 4.79 Å². The number of halogens is 1. The van der Waals surface area contributed by atoms with Gasteiger partial charge in [0.25, 0.3) is 0 Å². The van der Waals surface area contributed by atoms with Gasteiger partial charge >= 0.3 is 5.97 Å². The molecule has 7 heteroatoms. The molecule has 0 aliphatic carbocycles. The molecule has 0 aromatic carbocycles. The Bertz CT molecular complexity index is 428. The van der Waals surface area contributed by atoms with Crippen molar-refractivity contribution in [1.82, 2.24) is 4.90 Å². The van der Waals surface area contributed by atoms with Gasteiger partial charge in [0.2, 0.25) is 0 Å². The Kier molecular flexibility index (Phi) is 11.2. The molecule has 0 aliphatic rings. The van der Waals surface area contributed by atoms with Gasteiger partial charge in [0.05, 0.1) is 18.1 Å². The second kappa shape index (κ2) is 11.1. The van der Waals surface area contributed by atoms with Gasteiger partial charge in [0, 0.05) is 6.54 Å². The molecule has 0 bridgehead atoms. The Morgan fingerprint density at radius 2 is 1.77 bits per heavy atom. The Morgan fingerprint density at radius 3 is 2.23 bits per heavy atom. The van der Waals surface area contributed by atoms with Crippen LogP contribution in [0.5, 0.6) is 0 Å². The fourth-order valence-corrected chi connectivity index (χ4v) is 4.42. The van der Waals surface area contributed by atoms with Gasteiger partial charge in [-0.15, -0.1) is 0 Å².